The van der Waals surface area contributed by atoms with E-state index in [0.29, 0.717) is 6.04 Å². The maximum atomic E-state index is 5.86. The molecule has 2 unspecified atom stereocenters. The summed E-state index contributed by atoms with van der Waals surface area (Å²) >= 11 is 5.86. The van der Waals surface area contributed by atoms with Crippen LogP contribution in [-0.4, -0.2) is 21.4 Å². The van der Waals surface area contributed by atoms with Crippen LogP contribution in [0.25, 0.3) is 0 Å². The molecule has 0 fully saturated rings. The van der Waals surface area contributed by atoms with Crippen LogP contribution in [0.1, 0.15) is 20.3 Å². The standard InChI is InChI=1S/C9H14ClN3/c1-7(10)5-8(2)13-9-6-11-3-4-12-9/h3-4,6-8H,5H2,1-2H3,(H,12,13). The van der Waals surface area contributed by atoms with Crippen LogP contribution < -0.4 is 5.32 Å². The second-order valence-electron chi connectivity index (χ2n) is 3.15. The highest BCUT2D eigenvalue weighted by molar-refractivity contribution is 6.20. The Morgan fingerprint density at radius 3 is 2.77 bits per heavy atom. The summed E-state index contributed by atoms with van der Waals surface area (Å²) in [6.45, 7) is 4.06. The van der Waals surface area contributed by atoms with Gasteiger partial charge in [-0.2, -0.15) is 0 Å². The quantitative estimate of drug-likeness (QED) is 0.757. The average Bonchev–Trinajstić information content (AvgIpc) is 2.04. The number of hydrogen-bond acceptors (Lipinski definition) is 3. The molecule has 0 radical (unpaired) electrons. The fourth-order valence-corrected chi connectivity index (χ4v) is 1.44. The van der Waals surface area contributed by atoms with E-state index < -0.39 is 0 Å². The van der Waals surface area contributed by atoms with Crippen LogP contribution in [-0.2, 0) is 0 Å². The number of hydrogen-bond donors (Lipinski definition) is 1. The van der Waals surface area contributed by atoms with Crippen molar-refractivity contribution in [1.82, 2.24) is 9.97 Å². The molecule has 0 bridgehead atoms. The normalized spacial score (nSPS) is 15.0. The summed E-state index contributed by atoms with van der Waals surface area (Å²) in [6.07, 6.45) is 5.94. The van der Waals surface area contributed by atoms with Crippen LogP contribution in [0.3, 0.4) is 0 Å². The molecule has 0 aliphatic heterocycles. The Morgan fingerprint density at radius 1 is 1.46 bits per heavy atom. The predicted molar refractivity (Wildman–Crippen MR) is 55.0 cm³/mol. The molecule has 0 aliphatic carbocycles. The minimum absolute atomic E-state index is 0.180. The summed E-state index contributed by atoms with van der Waals surface area (Å²) in [6, 6.07) is 0.323. The van der Waals surface area contributed by atoms with E-state index >= 15 is 0 Å². The molecule has 0 saturated carbocycles. The highest BCUT2D eigenvalue weighted by Gasteiger charge is 2.05. The van der Waals surface area contributed by atoms with Crippen LogP contribution in [0.2, 0.25) is 0 Å². The minimum Gasteiger partial charge on any atom is -0.366 e. The number of anilines is 1. The summed E-state index contributed by atoms with van der Waals surface area (Å²) in [7, 11) is 0. The van der Waals surface area contributed by atoms with Crippen LogP contribution in [0.5, 0.6) is 0 Å². The van der Waals surface area contributed by atoms with Crippen molar-refractivity contribution in [2.75, 3.05) is 5.32 Å². The third-order valence-corrected chi connectivity index (χ3v) is 1.81. The predicted octanol–water partition coefficient (Wildman–Crippen LogP) is 2.29. The molecular weight excluding hydrogens is 186 g/mol. The Bertz CT molecular complexity index is 238. The van der Waals surface area contributed by atoms with Gasteiger partial charge in [-0.3, -0.25) is 4.98 Å². The van der Waals surface area contributed by atoms with Gasteiger partial charge in [0.25, 0.3) is 0 Å². The molecule has 0 spiro atoms. The van der Waals surface area contributed by atoms with Crippen LogP contribution >= 0.6 is 11.6 Å². The molecule has 4 heteroatoms. The smallest absolute Gasteiger partial charge is 0.144 e. The number of nitrogens with zero attached hydrogens (tertiary/aromatic N) is 2. The van der Waals surface area contributed by atoms with E-state index in [9.17, 15) is 0 Å². The topological polar surface area (TPSA) is 37.8 Å². The fraction of sp³-hybridized carbons (Fsp3) is 0.556. The molecule has 1 N–H and O–H groups in total. The first-order valence-corrected chi connectivity index (χ1v) is 4.78. The first-order valence-electron chi connectivity index (χ1n) is 4.35. The number of halogens is 1. The van der Waals surface area contributed by atoms with E-state index in [0.717, 1.165) is 12.2 Å². The highest BCUT2D eigenvalue weighted by atomic mass is 35.5. The lowest BCUT2D eigenvalue weighted by Crippen LogP contribution is -2.19. The van der Waals surface area contributed by atoms with E-state index in [2.05, 4.69) is 22.2 Å². The monoisotopic (exact) mass is 199 g/mol. The lowest BCUT2D eigenvalue weighted by Gasteiger charge is -2.14. The molecule has 0 aromatic carbocycles. The molecule has 1 rings (SSSR count). The summed E-state index contributed by atoms with van der Waals surface area (Å²) in [5, 5.41) is 3.39. The third-order valence-electron chi connectivity index (χ3n) is 1.64. The lowest BCUT2D eigenvalue weighted by atomic mass is 10.2. The Hall–Kier alpha value is -0.830. The maximum absolute atomic E-state index is 5.86. The van der Waals surface area contributed by atoms with Crippen LogP contribution in [0.15, 0.2) is 18.6 Å². The molecule has 0 aliphatic rings. The van der Waals surface area contributed by atoms with E-state index in [-0.39, 0.29) is 5.38 Å². The Kier molecular flexibility index (Phi) is 3.96. The van der Waals surface area contributed by atoms with E-state index in [1.54, 1.807) is 18.6 Å². The van der Waals surface area contributed by atoms with Gasteiger partial charge in [-0.15, -0.1) is 11.6 Å². The number of nitrogens with one attached hydrogen (secondary N) is 1. The molecule has 2 atom stereocenters. The van der Waals surface area contributed by atoms with E-state index in [1.165, 1.54) is 0 Å². The van der Waals surface area contributed by atoms with E-state index in [1.807, 2.05) is 6.92 Å². The van der Waals surface area contributed by atoms with Crippen molar-refractivity contribution < 1.29 is 0 Å². The lowest BCUT2D eigenvalue weighted by molar-refractivity contribution is 0.693. The van der Waals surface area contributed by atoms with Gasteiger partial charge in [0, 0.05) is 23.8 Å². The van der Waals surface area contributed by atoms with Gasteiger partial charge in [-0.05, 0) is 20.3 Å². The molecule has 13 heavy (non-hydrogen) atoms. The van der Waals surface area contributed by atoms with E-state index in [4.69, 9.17) is 11.6 Å². The minimum atomic E-state index is 0.180. The van der Waals surface area contributed by atoms with Crippen molar-refractivity contribution in [1.29, 1.82) is 0 Å². The van der Waals surface area contributed by atoms with Gasteiger partial charge >= 0.3 is 0 Å². The zero-order valence-electron chi connectivity index (χ0n) is 7.87. The largest absolute Gasteiger partial charge is 0.366 e. The second kappa shape index (κ2) is 5.02. The molecule has 1 aromatic heterocycles. The van der Waals surface area contributed by atoms with Crippen molar-refractivity contribution in [3.63, 3.8) is 0 Å². The molecule has 3 nitrogen and oxygen atoms in total. The average molecular weight is 200 g/mol. The van der Waals surface area contributed by atoms with Gasteiger partial charge in [0.05, 0.1) is 6.20 Å². The summed E-state index contributed by atoms with van der Waals surface area (Å²) in [5.74, 6) is 0.798. The molecule has 1 aromatic rings. The number of rotatable bonds is 4. The Labute approximate surface area is 83.5 Å². The maximum Gasteiger partial charge on any atom is 0.144 e. The molecule has 0 saturated heterocycles. The Morgan fingerprint density at radius 2 is 2.23 bits per heavy atom. The molecule has 1 heterocycles. The summed E-state index contributed by atoms with van der Waals surface area (Å²) in [4.78, 5) is 8.07. The van der Waals surface area contributed by atoms with Gasteiger partial charge in [-0.25, -0.2) is 4.98 Å². The van der Waals surface area contributed by atoms with Crippen molar-refractivity contribution >= 4 is 17.4 Å². The first-order chi connectivity index (χ1) is 6.18. The van der Waals surface area contributed by atoms with Gasteiger partial charge in [-0.1, -0.05) is 0 Å². The zero-order chi connectivity index (χ0) is 9.68. The molecule has 0 amide bonds. The van der Waals surface area contributed by atoms with Crippen molar-refractivity contribution in [2.45, 2.75) is 31.7 Å². The SMILES string of the molecule is CC(Cl)CC(C)Nc1cnccn1. The second-order valence-corrected chi connectivity index (χ2v) is 3.90. The Balaban J connectivity index is 2.41. The van der Waals surface area contributed by atoms with Gasteiger partial charge in [0.15, 0.2) is 0 Å². The highest BCUT2D eigenvalue weighted by Crippen LogP contribution is 2.08. The first kappa shape index (κ1) is 10.3. The van der Waals surface area contributed by atoms with Crippen molar-refractivity contribution in [3.05, 3.63) is 18.6 Å². The number of aromatic nitrogens is 2. The van der Waals surface area contributed by atoms with Crippen LogP contribution in [0.4, 0.5) is 5.82 Å². The third kappa shape index (κ3) is 4.08. The van der Waals surface area contributed by atoms with Gasteiger partial charge in [0.1, 0.15) is 5.82 Å². The number of alkyl halides is 1. The van der Waals surface area contributed by atoms with Gasteiger partial charge in [0.2, 0.25) is 0 Å². The van der Waals surface area contributed by atoms with Crippen molar-refractivity contribution in [2.24, 2.45) is 0 Å². The summed E-state index contributed by atoms with van der Waals surface area (Å²) in [5.41, 5.74) is 0. The molecular formula is C9H14ClN3. The fourth-order valence-electron chi connectivity index (χ4n) is 1.17. The van der Waals surface area contributed by atoms with Crippen molar-refractivity contribution in [3.8, 4) is 0 Å². The zero-order valence-corrected chi connectivity index (χ0v) is 8.62. The van der Waals surface area contributed by atoms with Gasteiger partial charge < -0.3 is 5.32 Å². The summed E-state index contributed by atoms with van der Waals surface area (Å²) < 4.78 is 0. The van der Waals surface area contributed by atoms with Crippen LogP contribution in [0, 0.1) is 0 Å². The molecule has 72 valence electrons.